The Hall–Kier alpha value is -0.160. The van der Waals surface area contributed by atoms with Gasteiger partial charge in [-0.15, -0.1) is 0 Å². The zero-order valence-corrected chi connectivity index (χ0v) is 5.77. The molecule has 0 heterocycles. The van der Waals surface area contributed by atoms with Gasteiger partial charge in [-0.25, -0.2) is 0 Å². The van der Waals surface area contributed by atoms with E-state index in [0.717, 1.165) is 0 Å². The molecule has 0 saturated heterocycles. The highest BCUT2D eigenvalue weighted by Gasteiger charge is 2.13. The van der Waals surface area contributed by atoms with Crippen LogP contribution in [0.3, 0.4) is 0 Å². The van der Waals surface area contributed by atoms with E-state index in [0.29, 0.717) is 12.8 Å². The fourth-order valence-electron chi connectivity index (χ4n) is 0.614. The lowest BCUT2D eigenvalue weighted by atomic mass is 10.1. The SMILES string of the molecule is OCCC[C@@H](O)[C@H](O)CO. The van der Waals surface area contributed by atoms with Crippen molar-refractivity contribution in [3.05, 3.63) is 0 Å². The Labute approximate surface area is 59.7 Å². The van der Waals surface area contributed by atoms with Crippen LogP contribution < -0.4 is 0 Å². The molecule has 0 fully saturated rings. The van der Waals surface area contributed by atoms with E-state index >= 15 is 0 Å². The van der Waals surface area contributed by atoms with Crippen LogP contribution in [-0.2, 0) is 0 Å². The third-order valence-electron chi connectivity index (χ3n) is 1.29. The van der Waals surface area contributed by atoms with Crippen molar-refractivity contribution in [3.63, 3.8) is 0 Å². The van der Waals surface area contributed by atoms with E-state index in [1.807, 2.05) is 0 Å². The lowest BCUT2D eigenvalue weighted by Gasteiger charge is -2.13. The van der Waals surface area contributed by atoms with Crippen molar-refractivity contribution in [2.75, 3.05) is 13.2 Å². The molecule has 10 heavy (non-hydrogen) atoms. The van der Waals surface area contributed by atoms with Crippen LogP contribution in [-0.4, -0.2) is 45.8 Å². The number of rotatable bonds is 5. The van der Waals surface area contributed by atoms with Crippen molar-refractivity contribution in [1.29, 1.82) is 0 Å². The summed E-state index contributed by atoms with van der Waals surface area (Å²) in [6.45, 7) is -0.443. The summed E-state index contributed by atoms with van der Waals surface area (Å²) in [7, 11) is 0. The van der Waals surface area contributed by atoms with Gasteiger partial charge in [0.25, 0.3) is 0 Å². The summed E-state index contributed by atoms with van der Waals surface area (Å²) < 4.78 is 0. The lowest BCUT2D eigenvalue weighted by molar-refractivity contribution is -0.0199. The first-order valence-corrected chi connectivity index (χ1v) is 3.30. The normalized spacial score (nSPS) is 16.8. The molecule has 62 valence electrons. The third kappa shape index (κ3) is 3.79. The predicted octanol–water partition coefficient (Wildman–Crippen LogP) is -1.53. The molecule has 0 aromatic carbocycles. The van der Waals surface area contributed by atoms with Crippen molar-refractivity contribution in [1.82, 2.24) is 0 Å². The lowest BCUT2D eigenvalue weighted by Crippen LogP contribution is -2.29. The topological polar surface area (TPSA) is 80.9 Å². The van der Waals surface area contributed by atoms with Crippen LogP contribution in [0.2, 0.25) is 0 Å². The van der Waals surface area contributed by atoms with Gasteiger partial charge >= 0.3 is 0 Å². The van der Waals surface area contributed by atoms with Gasteiger partial charge in [0.2, 0.25) is 0 Å². The molecule has 4 nitrogen and oxygen atoms in total. The molecule has 0 radical (unpaired) electrons. The van der Waals surface area contributed by atoms with Gasteiger partial charge in [0.15, 0.2) is 0 Å². The van der Waals surface area contributed by atoms with E-state index in [9.17, 15) is 0 Å². The second-order valence-corrected chi connectivity index (χ2v) is 2.18. The molecular formula is C6H14O4. The van der Waals surface area contributed by atoms with Gasteiger partial charge in [0.1, 0.15) is 6.10 Å². The predicted molar refractivity (Wildman–Crippen MR) is 35.4 cm³/mol. The molecule has 0 aliphatic heterocycles. The van der Waals surface area contributed by atoms with E-state index in [2.05, 4.69) is 0 Å². The van der Waals surface area contributed by atoms with Gasteiger partial charge < -0.3 is 20.4 Å². The van der Waals surface area contributed by atoms with E-state index in [4.69, 9.17) is 20.4 Å². The fourth-order valence-corrected chi connectivity index (χ4v) is 0.614. The Morgan fingerprint density at radius 3 is 2.00 bits per heavy atom. The van der Waals surface area contributed by atoms with Crippen LogP contribution >= 0.6 is 0 Å². The van der Waals surface area contributed by atoms with Crippen LogP contribution in [0, 0.1) is 0 Å². The molecule has 0 aliphatic carbocycles. The average Bonchev–Trinajstić information content (AvgIpc) is 1.98. The Balaban J connectivity index is 3.31. The molecule has 0 spiro atoms. The number of hydrogen-bond donors (Lipinski definition) is 4. The Bertz CT molecular complexity index is 76.1. The van der Waals surface area contributed by atoms with Gasteiger partial charge in [-0.1, -0.05) is 0 Å². The molecular weight excluding hydrogens is 136 g/mol. The van der Waals surface area contributed by atoms with Crippen LogP contribution in [0.1, 0.15) is 12.8 Å². The second-order valence-electron chi connectivity index (χ2n) is 2.18. The highest BCUT2D eigenvalue weighted by molar-refractivity contribution is 4.64. The van der Waals surface area contributed by atoms with Crippen molar-refractivity contribution >= 4 is 0 Å². The third-order valence-corrected chi connectivity index (χ3v) is 1.29. The first kappa shape index (κ1) is 9.84. The minimum Gasteiger partial charge on any atom is -0.396 e. The van der Waals surface area contributed by atoms with Gasteiger partial charge in [0, 0.05) is 6.61 Å². The molecule has 0 amide bonds. The number of hydrogen-bond acceptors (Lipinski definition) is 4. The average molecular weight is 150 g/mol. The standard InChI is InChI=1S/C6H14O4/c7-3-1-2-5(9)6(10)4-8/h5-10H,1-4H2/t5-,6-/m1/s1. The molecule has 0 aromatic rings. The molecule has 0 aliphatic rings. The Kier molecular flexibility index (Phi) is 5.52. The fraction of sp³-hybridized carbons (Fsp3) is 1.00. The number of aliphatic hydroxyl groups is 4. The zero-order chi connectivity index (χ0) is 7.98. The van der Waals surface area contributed by atoms with Crippen LogP contribution in [0.4, 0.5) is 0 Å². The number of aliphatic hydroxyl groups excluding tert-OH is 4. The summed E-state index contributed by atoms with van der Waals surface area (Å²) in [6, 6.07) is 0. The maximum absolute atomic E-state index is 8.93. The van der Waals surface area contributed by atoms with Crippen LogP contribution in [0.25, 0.3) is 0 Å². The minimum absolute atomic E-state index is 0.00475. The molecule has 4 heteroatoms. The molecule has 0 bridgehead atoms. The molecule has 0 saturated carbocycles. The summed E-state index contributed by atoms with van der Waals surface area (Å²) in [5.41, 5.74) is 0. The van der Waals surface area contributed by atoms with Gasteiger partial charge in [0.05, 0.1) is 12.7 Å². The smallest absolute Gasteiger partial charge is 0.103 e. The van der Waals surface area contributed by atoms with Gasteiger partial charge in [-0.05, 0) is 12.8 Å². The molecule has 0 unspecified atom stereocenters. The first-order chi connectivity index (χ1) is 4.72. The Morgan fingerprint density at radius 2 is 1.60 bits per heavy atom. The zero-order valence-electron chi connectivity index (χ0n) is 5.77. The van der Waals surface area contributed by atoms with E-state index in [1.54, 1.807) is 0 Å². The largest absolute Gasteiger partial charge is 0.396 e. The minimum atomic E-state index is -1.08. The summed E-state index contributed by atoms with van der Waals surface area (Å²) >= 11 is 0. The summed E-state index contributed by atoms with van der Waals surface area (Å²) in [5.74, 6) is 0. The molecule has 0 aromatic heterocycles. The molecule has 4 N–H and O–H groups in total. The molecule has 2 atom stereocenters. The summed E-state index contributed by atoms with van der Waals surface area (Å²) in [5, 5.41) is 34.3. The van der Waals surface area contributed by atoms with Crippen molar-refractivity contribution < 1.29 is 20.4 Å². The highest BCUT2D eigenvalue weighted by Crippen LogP contribution is 2.00. The van der Waals surface area contributed by atoms with Gasteiger partial charge in [-0.2, -0.15) is 0 Å². The second kappa shape index (κ2) is 5.61. The molecule has 0 rings (SSSR count). The highest BCUT2D eigenvalue weighted by atomic mass is 16.4. The van der Waals surface area contributed by atoms with Gasteiger partial charge in [-0.3, -0.25) is 0 Å². The monoisotopic (exact) mass is 150 g/mol. The van der Waals surface area contributed by atoms with E-state index in [1.165, 1.54) is 0 Å². The van der Waals surface area contributed by atoms with Crippen molar-refractivity contribution in [3.8, 4) is 0 Å². The van der Waals surface area contributed by atoms with Crippen molar-refractivity contribution in [2.24, 2.45) is 0 Å². The van der Waals surface area contributed by atoms with Crippen LogP contribution in [0.5, 0.6) is 0 Å². The first-order valence-electron chi connectivity index (χ1n) is 3.30. The Morgan fingerprint density at radius 1 is 1.00 bits per heavy atom. The summed E-state index contributed by atoms with van der Waals surface area (Å²) in [6.07, 6.45) is -1.24. The maximum atomic E-state index is 8.93. The maximum Gasteiger partial charge on any atom is 0.103 e. The van der Waals surface area contributed by atoms with E-state index in [-0.39, 0.29) is 6.61 Å². The van der Waals surface area contributed by atoms with E-state index < -0.39 is 18.8 Å². The van der Waals surface area contributed by atoms with Crippen molar-refractivity contribution in [2.45, 2.75) is 25.0 Å². The summed E-state index contributed by atoms with van der Waals surface area (Å²) in [4.78, 5) is 0. The van der Waals surface area contributed by atoms with Crippen LogP contribution in [0.15, 0.2) is 0 Å². The quantitative estimate of drug-likeness (QED) is 0.383.